The molecule has 1 aromatic heterocycles. The summed E-state index contributed by atoms with van der Waals surface area (Å²) < 4.78 is 6.03. The van der Waals surface area contributed by atoms with Crippen LogP contribution in [0.2, 0.25) is 0 Å². The fourth-order valence-electron chi connectivity index (χ4n) is 1.91. The number of nitrogens with zero attached hydrogens (tertiary/aromatic N) is 1. The fourth-order valence-corrected chi connectivity index (χ4v) is 3.62. The number of thioether (sulfide) groups is 1. The Morgan fingerprint density at radius 2 is 2.35 bits per heavy atom. The highest BCUT2D eigenvalue weighted by Gasteiger charge is 2.32. The van der Waals surface area contributed by atoms with Gasteiger partial charge in [-0.2, -0.15) is 0 Å². The zero-order chi connectivity index (χ0) is 14.8. The lowest BCUT2D eigenvalue weighted by atomic mass is 9.95. The number of carbonyl (C=O) groups is 1. The van der Waals surface area contributed by atoms with Crippen LogP contribution in [0.15, 0.2) is 15.9 Å². The average Bonchev–Trinajstić information content (AvgIpc) is 2.97. The van der Waals surface area contributed by atoms with E-state index >= 15 is 0 Å². The largest absolute Gasteiger partial charge is 0.468 e. The van der Waals surface area contributed by atoms with Crippen LogP contribution in [0.25, 0.3) is 0 Å². The summed E-state index contributed by atoms with van der Waals surface area (Å²) in [5.41, 5.74) is -0.559. The SMILES string of the molecule is CCCNC(C)(CCCCSc1nccs1)C(=O)OC. The third kappa shape index (κ3) is 5.81. The Morgan fingerprint density at radius 1 is 1.55 bits per heavy atom. The summed E-state index contributed by atoms with van der Waals surface area (Å²) in [6.45, 7) is 4.86. The van der Waals surface area contributed by atoms with Gasteiger partial charge in [0.25, 0.3) is 0 Å². The van der Waals surface area contributed by atoms with Crippen molar-refractivity contribution in [3.63, 3.8) is 0 Å². The number of esters is 1. The first-order valence-electron chi connectivity index (χ1n) is 6.98. The van der Waals surface area contributed by atoms with Crippen molar-refractivity contribution in [1.82, 2.24) is 10.3 Å². The van der Waals surface area contributed by atoms with E-state index in [1.807, 2.05) is 18.5 Å². The first-order chi connectivity index (χ1) is 9.62. The highest BCUT2D eigenvalue weighted by molar-refractivity contribution is 8.00. The fraction of sp³-hybridized carbons (Fsp3) is 0.714. The Morgan fingerprint density at radius 3 is 2.95 bits per heavy atom. The van der Waals surface area contributed by atoms with Crippen molar-refractivity contribution in [3.05, 3.63) is 11.6 Å². The molecular formula is C14H24N2O2S2. The van der Waals surface area contributed by atoms with Gasteiger partial charge in [-0.25, -0.2) is 4.98 Å². The second-order valence-corrected chi connectivity index (χ2v) is 7.09. The van der Waals surface area contributed by atoms with Crippen LogP contribution < -0.4 is 5.32 Å². The van der Waals surface area contributed by atoms with Crippen LogP contribution in [0, 0.1) is 0 Å². The minimum absolute atomic E-state index is 0.168. The van der Waals surface area contributed by atoms with Crippen LogP contribution in [-0.4, -0.2) is 35.9 Å². The molecule has 114 valence electrons. The number of unbranched alkanes of at least 4 members (excludes halogenated alkanes) is 1. The molecule has 20 heavy (non-hydrogen) atoms. The molecule has 0 fully saturated rings. The van der Waals surface area contributed by atoms with Gasteiger partial charge in [0.2, 0.25) is 0 Å². The standard InChI is InChI=1S/C14H24N2O2S2/c1-4-8-16-14(2,12(17)18-3)7-5-6-10-19-13-15-9-11-20-13/h9,11,16H,4-8,10H2,1-3H3. The zero-order valence-corrected chi connectivity index (χ0v) is 14.1. The normalized spacial score (nSPS) is 13.9. The molecule has 1 aromatic rings. The first kappa shape index (κ1) is 17.5. The second kappa shape index (κ2) is 9.37. The molecule has 1 N–H and O–H groups in total. The smallest absolute Gasteiger partial charge is 0.325 e. The van der Waals surface area contributed by atoms with Gasteiger partial charge in [-0.05, 0) is 32.7 Å². The van der Waals surface area contributed by atoms with E-state index in [-0.39, 0.29) is 5.97 Å². The Hall–Kier alpha value is -0.590. The number of thiazole rings is 1. The molecule has 0 saturated carbocycles. The molecule has 1 atom stereocenters. The highest BCUT2D eigenvalue weighted by Crippen LogP contribution is 2.23. The van der Waals surface area contributed by atoms with Crippen molar-refractivity contribution >= 4 is 29.1 Å². The summed E-state index contributed by atoms with van der Waals surface area (Å²) in [5, 5.41) is 5.30. The van der Waals surface area contributed by atoms with Crippen molar-refractivity contribution in [2.45, 2.75) is 49.4 Å². The van der Waals surface area contributed by atoms with Gasteiger partial charge in [-0.1, -0.05) is 25.1 Å². The maximum Gasteiger partial charge on any atom is 0.325 e. The van der Waals surface area contributed by atoms with E-state index < -0.39 is 5.54 Å². The predicted octanol–water partition coefficient (Wildman–Crippen LogP) is 3.34. The molecule has 0 spiro atoms. The summed E-state index contributed by atoms with van der Waals surface area (Å²) in [7, 11) is 1.45. The first-order valence-corrected chi connectivity index (χ1v) is 8.84. The number of ether oxygens (including phenoxy) is 1. The summed E-state index contributed by atoms with van der Waals surface area (Å²) in [5.74, 6) is 0.872. The van der Waals surface area contributed by atoms with Gasteiger partial charge in [0.15, 0.2) is 0 Å². The summed E-state index contributed by atoms with van der Waals surface area (Å²) in [6.07, 6.45) is 5.71. The lowest BCUT2D eigenvalue weighted by molar-refractivity contribution is -0.148. The monoisotopic (exact) mass is 316 g/mol. The molecular weight excluding hydrogens is 292 g/mol. The van der Waals surface area contributed by atoms with Crippen molar-refractivity contribution in [2.24, 2.45) is 0 Å². The number of rotatable bonds is 10. The second-order valence-electron chi connectivity index (χ2n) is 4.85. The molecule has 6 heteroatoms. The van der Waals surface area contributed by atoms with E-state index in [0.717, 1.165) is 42.3 Å². The lowest BCUT2D eigenvalue weighted by Crippen LogP contribution is -2.50. The summed E-state index contributed by atoms with van der Waals surface area (Å²) in [6, 6.07) is 0. The average molecular weight is 316 g/mol. The third-order valence-corrected chi connectivity index (χ3v) is 5.16. The molecule has 1 heterocycles. The molecule has 0 aliphatic carbocycles. The van der Waals surface area contributed by atoms with Gasteiger partial charge in [0, 0.05) is 17.3 Å². The van der Waals surface area contributed by atoms with Crippen LogP contribution in [0.5, 0.6) is 0 Å². The lowest BCUT2D eigenvalue weighted by Gasteiger charge is -2.28. The molecule has 0 saturated heterocycles. The molecule has 1 rings (SSSR count). The third-order valence-electron chi connectivity index (χ3n) is 3.11. The van der Waals surface area contributed by atoms with Crippen LogP contribution in [0.4, 0.5) is 0 Å². The van der Waals surface area contributed by atoms with E-state index in [1.165, 1.54) is 7.11 Å². The highest BCUT2D eigenvalue weighted by atomic mass is 32.2. The zero-order valence-electron chi connectivity index (χ0n) is 12.5. The number of hydrogen-bond donors (Lipinski definition) is 1. The van der Waals surface area contributed by atoms with Crippen LogP contribution in [-0.2, 0) is 9.53 Å². The minimum Gasteiger partial charge on any atom is -0.468 e. The number of nitrogens with one attached hydrogen (secondary N) is 1. The Labute approximate surface area is 129 Å². The van der Waals surface area contributed by atoms with Gasteiger partial charge in [-0.15, -0.1) is 11.3 Å². The van der Waals surface area contributed by atoms with E-state index in [0.29, 0.717) is 0 Å². The van der Waals surface area contributed by atoms with E-state index in [1.54, 1.807) is 23.1 Å². The summed E-state index contributed by atoms with van der Waals surface area (Å²) in [4.78, 5) is 16.1. The molecule has 4 nitrogen and oxygen atoms in total. The molecule has 0 bridgehead atoms. The predicted molar refractivity (Wildman–Crippen MR) is 85.4 cm³/mol. The van der Waals surface area contributed by atoms with Crippen LogP contribution >= 0.6 is 23.1 Å². The van der Waals surface area contributed by atoms with Gasteiger partial charge in [0.1, 0.15) is 9.88 Å². The maximum atomic E-state index is 11.9. The topological polar surface area (TPSA) is 51.2 Å². The minimum atomic E-state index is -0.559. The van der Waals surface area contributed by atoms with Crippen molar-refractivity contribution < 1.29 is 9.53 Å². The maximum absolute atomic E-state index is 11.9. The molecule has 0 aliphatic rings. The number of carbonyl (C=O) groups excluding carboxylic acids is 1. The van der Waals surface area contributed by atoms with Gasteiger partial charge in [0.05, 0.1) is 7.11 Å². The van der Waals surface area contributed by atoms with E-state index in [4.69, 9.17) is 4.74 Å². The van der Waals surface area contributed by atoms with Crippen molar-refractivity contribution in [3.8, 4) is 0 Å². The molecule has 0 aromatic carbocycles. The van der Waals surface area contributed by atoms with Crippen LogP contribution in [0.1, 0.15) is 39.5 Å². The van der Waals surface area contributed by atoms with Gasteiger partial charge >= 0.3 is 5.97 Å². The Bertz CT molecular complexity index is 385. The number of aromatic nitrogens is 1. The molecule has 0 aliphatic heterocycles. The van der Waals surface area contributed by atoms with Crippen molar-refractivity contribution in [2.75, 3.05) is 19.4 Å². The quantitative estimate of drug-likeness (QED) is 0.407. The Kier molecular flexibility index (Phi) is 8.18. The summed E-state index contributed by atoms with van der Waals surface area (Å²) >= 11 is 3.45. The number of hydrogen-bond acceptors (Lipinski definition) is 6. The molecule has 0 amide bonds. The van der Waals surface area contributed by atoms with E-state index in [2.05, 4.69) is 17.2 Å². The van der Waals surface area contributed by atoms with Gasteiger partial charge in [-0.3, -0.25) is 4.79 Å². The van der Waals surface area contributed by atoms with Crippen LogP contribution in [0.3, 0.4) is 0 Å². The molecule has 0 radical (unpaired) electrons. The molecule has 1 unspecified atom stereocenters. The Balaban J connectivity index is 2.29. The number of methoxy groups -OCH3 is 1. The van der Waals surface area contributed by atoms with Gasteiger partial charge < -0.3 is 10.1 Å². The van der Waals surface area contributed by atoms with Crippen molar-refractivity contribution in [1.29, 1.82) is 0 Å². The van der Waals surface area contributed by atoms with E-state index in [9.17, 15) is 4.79 Å².